The highest BCUT2D eigenvalue weighted by atomic mass is 35.5. The smallest absolute Gasteiger partial charge is 0.302 e. The van der Waals surface area contributed by atoms with Gasteiger partial charge in [0.05, 0.1) is 12.2 Å². The fourth-order valence-corrected chi connectivity index (χ4v) is 4.49. The molecule has 0 saturated heterocycles. The van der Waals surface area contributed by atoms with Gasteiger partial charge in [-0.1, -0.05) is 60.1 Å². The second-order valence-corrected chi connectivity index (χ2v) is 9.40. The molecular formula is C28H17ClF4N6O. The number of benzene rings is 3. The van der Waals surface area contributed by atoms with E-state index in [1.54, 1.807) is 30.3 Å². The van der Waals surface area contributed by atoms with E-state index in [-0.39, 0.29) is 40.2 Å². The van der Waals surface area contributed by atoms with Crippen LogP contribution in [0.15, 0.2) is 85.1 Å². The molecule has 6 aromatic rings. The number of anilines is 1. The first-order valence-electron chi connectivity index (χ1n) is 11.9. The van der Waals surface area contributed by atoms with Crippen LogP contribution in [0.25, 0.3) is 27.7 Å². The monoisotopic (exact) mass is 564 g/mol. The molecule has 200 valence electrons. The second-order valence-electron chi connectivity index (χ2n) is 8.99. The Morgan fingerprint density at radius 2 is 1.68 bits per heavy atom. The summed E-state index contributed by atoms with van der Waals surface area (Å²) in [5, 5.41) is 12.5. The number of hydrogen-bond donors (Lipinski definition) is 1. The van der Waals surface area contributed by atoms with Gasteiger partial charge in [0, 0.05) is 17.8 Å². The molecule has 6 rings (SSSR count). The maximum absolute atomic E-state index is 14.0. The summed E-state index contributed by atoms with van der Waals surface area (Å²) < 4.78 is 57.3. The zero-order chi connectivity index (χ0) is 28.0. The molecule has 0 aliphatic carbocycles. The molecule has 7 nitrogen and oxygen atoms in total. The molecule has 3 heterocycles. The number of carbonyl (C=O) groups is 1. The minimum Gasteiger partial charge on any atom is -0.302 e. The summed E-state index contributed by atoms with van der Waals surface area (Å²) in [6.07, 6.45) is -3.31. The lowest BCUT2D eigenvalue weighted by molar-refractivity contribution is -0.142. The van der Waals surface area contributed by atoms with Gasteiger partial charge in [-0.2, -0.15) is 23.4 Å². The minimum atomic E-state index is -4.77. The topological polar surface area (TPSA) is 77.1 Å². The van der Waals surface area contributed by atoms with E-state index < -0.39 is 17.8 Å². The van der Waals surface area contributed by atoms with Crippen LogP contribution in [0.2, 0.25) is 5.02 Å². The zero-order valence-electron chi connectivity index (χ0n) is 20.3. The third kappa shape index (κ3) is 4.98. The van der Waals surface area contributed by atoms with E-state index in [0.29, 0.717) is 10.1 Å². The third-order valence-corrected chi connectivity index (χ3v) is 6.48. The van der Waals surface area contributed by atoms with E-state index in [9.17, 15) is 22.4 Å². The second kappa shape index (κ2) is 9.76. The molecule has 0 aliphatic heterocycles. The number of hydrogen-bond acceptors (Lipinski definition) is 4. The molecule has 40 heavy (non-hydrogen) atoms. The van der Waals surface area contributed by atoms with Gasteiger partial charge < -0.3 is 5.32 Å². The van der Waals surface area contributed by atoms with Crippen LogP contribution in [0.1, 0.15) is 21.7 Å². The fourth-order valence-electron chi connectivity index (χ4n) is 4.30. The van der Waals surface area contributed by atoms with Gasteiger partial charge in [0.25, 0.3) is 5.91 Å². The molecular weight excluding hydrogens is 548 g/mol. The number of alkyl halides is 3. The van der Waals surface area contributed by atoms with Crippen LogP contribution in [-0.4, -0.2) is 30.3 Å². The van der Waals surface area contributed by atoms with Crippen molar-refractivity contribution in [2.24, 2.45) is 0 Å². The molecule has 0 unspecified atom stereocenters. The van der Waals surface area contributed by atoms with Gasteiger partial charge in [0.2, 0.25) is 0 Å². The predicted octanol–water partition coefficient (Wildman–Crippen LogP) is 6.86. The van der Waals surface area contributed by atoms with Crippen LogP contribution in [0.4, 0.5) is 23.4 Å². The molecule has 1 N–H and O–H groups in total. The van der Waals surface area contributed by atoms with Gasteiger partial charge in [0.1, 0.15) is 10.8 Å². The lowest BCUT2D eigenvalue weighted by atomic mass is 10.0. The summed E-state index contributed by atoms with van der Waals surface area (Å²) in [5.74, 6) is -1.21. The fraction of sp³-hybridized carbons (Fsp3) is 0.0714. The van der Waals surface area contributed by atoms with Crippen LogP contribution < -0.4 is 5.32 Å². The number of halogens is 5. The van der Waals surface area contributed by atoms with Gasteiger partial charge in [-0.15, -0.1) is 0 Å². The van der Waals surface area contributed by atoms with E-state index in [1.165, 1.54) is 29.1 Å². The van der Waals surface area contributed by atoms with Crippen molar-refractivity contribution in [1.29, 1.82) is 0 Å². The lowest BCUT2D eigenvalue weighted by Gasteiger charge is -2.11. The Labute approximate surface area is 228 Å². The van der Waals surface area contributed by atoms with E-state index >= 15 is 0 Å². The maximum atomic E-state index is 14.0. The first-order valence-corrected chi connectivity index (χ1v) is 12.3. The van der Waals surface area contributed by atoms with Crippen LogP contribution in [0.5, 0.6) is 0 Å². The van der Waals surface area contributed by atoms with Gasteiger partial charge in [-0.25, -0.2) is 13.9 Å². The van der Waals surface area contributed by atoms with Gasteiger partial charge in [0.15, 0.2) is 22.9 Å². The number of nitrogens with zero attached hydrogens (tertiary/aromatic N) is 5. The molecule has 0 fully saturated rings. The Balaban J connectivity index is 1.32. The first-order chi connectivity index (χ1) is 19.1. The summed E-state index contributed by atoms with van der Waals surface area (Å²) in [5.41, 5.74) is -0.237. The lowest BCUT2D eigenvalue weighted by Crippen LogP contribution is -2.16. The normalized spacial score (nSPS) is 11.8. The maximum Gasteiger partial charge on any atom is 0.433 e. The van der Waals surface area contributed by atoms with Crippen molar-refractivity contribution in [1.82, 2.24) is 24.4 Å². The van der Waals surface area contributed by atoms with Gasteiger partial charge in [-0.3, -0.25) is 9.48 Å². The number of amides is 1. The molecule has 0 saturated carbocycles. The average Bonchev–Trinajstić information content (AvgIpc) is 3.51. The molecule has 0 aliphatic rings. The standard InChI is InChI=1S/C28H17ClF4N6O/c29-21-15-38(14-16-5-9-20(30)10-6-16)37-26(21)35-27(40)23-13-25-34-22(12-24(28(31,32)33)39(25)36-23)19-8-7-17-3-1-2-4-18(17)11-19/h1-13,15H,14H2,(H,35,37,40). The van der Waals surface area contributed by atoms with E-state index in [1.807, 2.05) is 24.3 Å². The molecule has 0 spiro atoms. The third-order valence-electron chi connectivity index (χ3n) is 6.20. The average molecular weight is 565 g/mol. The summed E-state index contributed by atoms with van der Waals surface area (Å²) >= 11 is 6.22. The minimum absolute atomic E-state index is 0.00769. The molecule has 12 heteroatoms. The Bertz CT molecular complexity index is 1900. The van der Waals surface area contributed by atoms with E-state index in [0.717, 1.165) is 22.4 Å². The zero-order valence-corrected chi connectivity index (χ0v) is 21.1. The summed E-state index contributed by atoms with van der Waals surface area (Å²) in [7, 11) is 0. The van der Waals surface area contributed by atoms with Crippen LogP contribution >= 0.6 is 11.6 Å². The SMILES string of the molecule is O=C(Nc1nn(Cc2ccc(F)cc2)cc1Cl)c1cc2nc(-c3ccc4ccccc4c3)cc(C(F)(F)F)n2n1. The highest BCUT2D eigenvalue weighted by Crippen LogP contribution is 2.33. The van der Waals surface area contributed by atoms with Crippen molar-refractivity contribution >= 4 is 39.7 Å². The largest absolute Gasteiger partial charge is 0.433 e. The predicted molar refractivity (Wildman–Crippen MR) is 142 cm³/mol. The van der Waals surface area contributed by atoms with Crippen LogP contribution in [-0.2, 0) is 12.7 Å². The highest BCUT2D eigenvalue weighted by molar-refractivity contribution is 6.33. The summed E-state index contributed by atoms with van der Waals surface area (Å²) in [6, 6.07) is 20.6. The quantitative estimate of drug-likeness (QED) is 0.232. The van der Waals surface area contributed by atoms with E-state index in [4.69, 9.17) is 11.6 Å². The Kier molecular flexibility index (Phi) is 6.22. The highest BCUT2D eigenvalue weighted by Gasteiger charge is 2.35. The molecule has 0 atom stereocenters. The summed E-state index contributed by atoms with van der Waals surface area (Å²) in [6.45, 7) is 0.251. The molecule has 0 radical (unpaired) electrons. The van der Waals surface area contributed by atoms with Crippen molar-refractivity contribution in [2.45, 2.75) is 12.7 Å². The van der Waals surface area contributed by atoms with Crippen LogP contribution in [0.3, 0.4) is 0 Å². The molecule has 3 aromatic heterocycles. The van der Waals surface area contributed by atoms with Crippen molar-refractivity contribution in [3.05, 3.63) is 113 Å². The number of fused-ring (bicyclic) bond motifs is 2. The van der Waals surface area contributed by atoms with Gasteiger partial charge in [-0.05, 0) is 40.6 Å². The van der Waals surface area contributed by atoms with Crippen molar-refractivity contribution in [3.8, 4) is 11.3 Å². The number of aromatic nitrogens is 5. The van der Waals surface area contributed by atoms with Crippen molar-refractivity contribution < 1.29 is 22.4 Å². The van der Waals surface area contributed by atoms with Crippen molar-refractivity contribution in [3.63, 3.8) is 0 Å². The van der Waals surface area contributed by atoms with Gasteiger partial charge >= 0.3 is 6.18 Å². The molecule has 0 bridgehead atoms. The van der Waals surface area contributed by atoms with Crippen LogP contribution in [0, 0.1) is 5.82 Å². The van der Waals surface area contributed by atoms with Crippen molar-refractivity contribution in [2.75, 3.05) is 5.32 Å². The molecule has 3 aromatic carbocycles. The Morgan fingerprint density at radius 1 is 0.925 bits per heavy atom. The number of nitrogens with one attached hydrogen (secondary N) is 1. The first kappa shape index (κ1) is 25.5. The number of carbonyl (C=O) groups excluding carboxylic acids is 1. The molecule has 1 amide bonds. The van der Waals surface area contributed by atoms with E-state index in [2.05, 4.69) is 20.5 Å². The number of rotatable bonds is 5. The Hall–Kier alpha value is -4.77. The summed E-state index contributed by atoms with van der Waals surface area (Å²) in [4.78, 5) is 17.3. The Morgan fingerprint density at radius 3 is 2.42 bits per heavy atom.